The predicted octanol–water partition coefficient (Wildman–Crippen LogP) is 3.94. The van der Waals surface area contributed by atoms with Gasteiger partial charge in [-0.25, -0.2) is 0 Å². The SMILES string of the molecule is COCCN1CN(C2CCCCC2)CC2=C1C[C@H](c1ccccc1)CC2=O. The Morgan fingerprint density at radius 2 is 1.85 bits per heavy atom. The van der Waals surface area contributed by atoms with Gasteiger partial charge in [0.05, 0.1) is 13.3 Å². The summed E-state index contributed by atoms with van der Waals surface area (Å²) in [5, 5.41) is 0. The van der Waals surface area contributed by atoms with Crippen molar-refractivity contribution in [2.75, 3.05) is 33.5 Å². The molecule has 0 unspecified atom stereocenters. The van der Waals surface area contributed by atoms with Crippen LogP contribution in [0.1, 0.15) is 56.4 Å². The zero-order chi connectivity index (χ0) is 18.6. The van der Waals surface area contributed by atoms with Crippen molar-refractivity contribution in [2.24, 2.45) is 0 Å². The molecular weight excluding hydrogens is 336 g/mol. The third kappa shape index (κ3) is 4.12. The highest BCUT2D eigenvalue weighted by Gasteiger charge is 2.37. The zero-order valence-corrected chi connectivity index (χ0v) is 16.5. The molecule has 0 saturated heterocycles. The number of methoxy groups -OCH3 is 1. The van der Waals surface area contributed by atoms with E-state index < -0.39 is 0 Å². The summed E-state index contributed by atoms with van der Waals surface area (Å²) in [6.45, 7) is 3.37. The summed E-state index contributed by atoms with van der Waals surface area (Å²) in [6, 6.07) is 11.2. The van der Waals surface area contributed by atoms with Crippen LogP contribution in [0.2, 0.25) is 0 Å². The molecule has 4 nitrogen and oxygen atoms in total. The van der Waals surface area contributed by atoms with Crippen molar-refractivity contribution in [1.29, 1.82) is 0 Å². The average molecular weight is 369 g/mol. The molecule has 1 fully saturated rings. The normalized spacial score (nSPS) is 25.0. The Kier molecular flexibility index (Phi) is 5.94. The first-order valence-corrected chi connectivity index (χ1v) is 10.5. The molecule has 1 aromatic rings. The van der Waals surface area contributed by atoms with Crippen LogP contribution in [-0.2, 0) is 9.53 Å². The number of carbonyl (C=O) groups is 1. The maximum atomic E-state index is 13.1. The molecule has 3 aliphatic rings. The Labute approximate surface area is 163 Å². The molecule has 4 rings (SSSR count). The molecule has 1 heterocycles. The van der Waals surface area contributed by atoms with Crippen molar-refractivity contribution in [3.63, 3.8) is 0 Å². The van der Waals surface area contributed by atoms with Crippen molar-refractivity contribution in [3.05, 3.63) is 47.2 Å². The summed E-state index contributed by atoms with van der Waals surface area (Å²) in [5.41, 5.74) is 3.65. The smallest absolute Gasteiger partial charge is 0.162 e. The molecule has 0 radical (unpaired) electrons. The van der Waals surface area contributed by atoms with Gasteiger partial charge in [-0.3, -0.25) is 9.69 Å². The standard InChI is InChI=1S/C23H32N2O2/c1-27-13-12-24-17-25(20-10-6-3-7-11-20)16-21-22(24)14-19(15-23(21)26)18-8-4-2-5-9-18/h2,4-5,8-9,19-20H,3,6-7,10-17H2,1H3/t19-/m0/s1. The molecular formula is C23H32N2O2. The molecule has 1 atom stereocenters. The molecule has 1 aromatic carbocycles. The Bertz CT molecular complexity index is 679. The van der Waals surface area contributed by atoms with Crippen LogP contribution < -0.4 is 0 Å². The summed E-state index contributed by atoms with van der Waals surface area (Å²) >= 11 is 0. The maximum absolute atomic E-state index is 13.1. The Hall–Kier alpha value is -1.65. The lowest BCUT2D eigenvalue weighted by atomic mass is 9.80. The lowest BCUT2D eigenvalue weighted by Crippen LogP contribution is -2.51. The average Bonchev–Trinajstić information content (AvgIpc) is 2.73. The minimum Gasteiger partial charge on any atom is -0.383 e. The summed E-state index contributed by atoms with van der Waals surface area (Å²) in [6.07, 6.45) is 8.21. The summed E-state index contributed by atoms with van der Waals surface area (Å²) < 4.78 is 5.38. The number of allylic oxidation sites excluding steroid dienone is 1. The maximum Gasteiger partial charge on any atom is 0.162 e. The lowest BCUT2D eigenvalue weighted by Gasteiger charge is -2.46. The number of carbonyl (C=O) groups excluding carboxylic acids is 1. The van der Waals surface area contributed by atoms with E-state index in [1.54, 1.807) is 7.11 Å². The monoisotopic (exact) mass is 368 g/mol. The van der Waals surface area contributed by atoms with Crippen LogP contribution in [0.3, 0.4) is 0 Å². The van der Waals surface area contributed by atoms with Crippen molar-refractivity contribution >= 4 is 5.78 Å². The molecule has 1 aliphatic heterocycles. The molecule has 0 amide bonds. The Balaban J connectivity index is 1.58. The van der Waals surface area contributed by atoms with Gasteiger partial charge in [-0.15, -0.1) is 0 Å². The first-order valence-electron chi connectivity index (χ1n) is 10.5. The van der Waals surface area contributed by atoms with Crippen LogP contribution in [0.25, 0.3) is 0 Å². The number of Topliss-reactive ketones (excluding diaryl/α,β-unsaturated/α-hetero) is 1. The zero-order valence-electron chi connectivity index (χ0n) is 16.5. The summed E-state index contributed by atoms with van der Waals surface area (Å²) in [7, 11) is 1.76. The second kappa shape index (κ2) is 8.57. The van der Waals surface area contributed by atoms with E-state index in [-0.39, 0.29) is 0 Å². The summed E-state index contributed by atoms with van der Waals surface area (Å²) in [5.74, 6) is 0.664. The number of ether oxygens (including phenoxy) is 1. The molecule has 27 heavy (non-hydrogen) atoms. The third-order valence-electron chi connectivity index (χ3n) is 6.58. The second-order valence-electron chi connectivity index (χ2n) is 8.30. The molecule has 146 valence electrons. The van der Waals surface area contributed by atoms with Crippen LogP contribution in [0, 0.1) is 0 Å². The van der Waals surface area contributed by atoms with Gasteiger partial charge in [-0.1, -0.05) is 49.6 Å². The van der Waals surface area contributed by atoms with Crippen LogP contribution in [0.4, 0.5) is 0 Å². The predicted molar refractivity (Wildman–Crippen MR) is 107 cm³/mol. The minimum absolute atomic E-state index is 0.309. The van der Waals surface area contributed by atoms with E-state index in [0.717, 1.165) is 31.8 Å². The van der Waals surface area contributed by atoms with Gasteiger partial charge >= 0.3 is 0 Å². The summed E-state index contributed by atoms with van der Waals surface area (Å²) in [4.78, 5) is 18.1. The number of hydrogen-bond donors (Lipinski definition) is 0. The van der Waals surface area contributed by atoms with Crippen molar-refractivity contribution in [1.82, 2.24) is 9.80 Å². The van der Waals surface area contributed by atoms with Gasteiger partial charge < -0.3 is 9.64 Å². The van der Waals surface area contributed by atoms with E-state index in [0.29, 0.717) is 30.8 Å². The quantitative estimate of drug-likeness (QED) is 0.788. The molecule has 0 N–H and O–H groups in total. The van der Waals surface area contributed by atoms with Crippen molar-refractivity contribution in [3.8, 4) is 0 Å². The van der Waals surface area contributed by atoms with Gasteiger partial charge in [0.15, 0.2) is 5.78 Å². The van der Waals surface area contributed by atoms with Crippen LogP contribution in [-0.4, -0.2) is 55.1 Å². The van der Waals surface area contributed by atoms with Gasteiger partial charge in [0.2, 0.25) is 0 Å². The van der Waals surface area contributed by atoms with Gasteiger partial charge in [0.25, 0.3) is 0 Å². The highest BCUT2D eigenvalue weighted by Crippen LogP contribution is 2.39. The van der Waals surface area contributed by atoms with E-state index in [2.05, 4.69) is 34.1 Å². The topological polar surface area (TPSA) is 32.8 Å². The van der Waals surface area contributed by atoms with Crippen molar-refractivity contribution < 1.29 is 9.53 Å². The van der Waals surface area contributed by atoms with E-state index in [4.69, 9.17) is 4.74 Å². The second-order valence-corrected chi connectivity index (χ2v) is 8.30. The fourth-order valence-electron chi connectivity index (χ4n) is 5.05. The van der Waals surface area contributed by atoms with Crippen LogP contribution >= 0.6 is 0 Å². The molecule has 0 spiro atoms. The molecule has 2 aliphatic carbocycles. The lowest BCUT2D eigenvalue weighted by molar-refractivity contribution is -0.117. The largest absolute Gasteiger partial charge is 0.383 e. The van der Waals surface area contributed by atoms with Gasteiger partial charge in [-0.05, 0) is 30.7 Å². The fourth-order valence-corrected chi connectivity index (χ4v) is 5.05. The third-order valence-corrected chi connectivity index (χ3v) is 6.58. The van der Waals surface area contributed by atoms with Crippen molar-refractivity contribution in [2.45, 2.75) is 56.9 Å². The van der Waals surface area contributed by atoms with E-state index in [1.165, 1.54) is 43.4 Å². The number of hydrogen-bond acceptors (Lipinski definition) is 4. The van der Waals surface area contributed by atoms with E-state index in [1.807, 2.05) is 6.07 Å². The molecule has 4 heteroatoms. The highest BCUT2D eigenvalue weighted by molar-refractivity contribution is 5.98. The number of nitrogens with zero attached hydrogens (tertiary/aromatic N) is 2. The van der Waals surface area contributed by atoms with Gasteiger partial charge in [-0.2, -0.15) is 0 Å². The molecule has 1 saturated carbocycles. The minimum atomic E-state index is 0.309. The Morgan fingerprint density at radius 1 is 1.07 bits per heavy atom. The highest BCUT2D eigenvalue weighted by atomic mass is 16.5. The number of rotatable bonds is 5. The van der Waals surface area contributed by atoms with Crippen LogP contribution in [0.5, 0.6) is 0 Å². The number of benzene rings is 1. The molecule has 0 aromatic heterocycles. The first kappa shape index (κ1) is 18.7. The van der Waals surface area contributed by atoms with Gasteiger partial charge in [0, 0.05) is 43.9 Å². The van der Waals surface area contributed by atoms with Gasteiger partial charge in [0.1, 0.15) is 0 Å². The molecule has 0 bridgehead atoms. The fraction of sp³-hybridized carbons (Fsp3) is 0.609. The Morgan fingerprint density at radius 3 is 2.59 bits per heavy atom. The first-order chi connectivity index (χ1) is 13.3. The van der Waals surface area contributed by atoms with Crippen LogP contribution in [0.15, 0.2) is 41.6 Å². The van der Waals surface area contributed by atoms with E-state index in [9.17, 15) is 4.79 Å². The van der Waals surface area contributed by atoms with E-state index >= 15 is 0 Å². The number of ketones is 1.